The zero-order chi connectivity index (χ0) is 10.8. The third-order valence-electron chi connectivity index (χ3n) is 3.67. The number of halogens is 1. The number of carbonyl (C=O) groups excluding carboxylic acids is 1. The molecule has 2 N–H and O–H groups in total. The molecule has 0 aromatic heterocycles. The Morgan fingerprint density at radius 3 is 2.69 bits per heavy atom. The molecule has 0 aliphatic carbocycles. The molecular formula is C11H22ClN3O. The van der Waals surface area contributed by atoms with Crippen LogP contribution in [0.5, 0.6) is 0 Å². The SMILES string of the molecule is CN1CC[C@@H](CN2CCCC2C(N)=O)C1.Cl. The number of nitrogens with zero attached hydrogens (tertiary/aromatic N) is 2. The molecule has 1 amide bonds. The molecule has 16 heavy (non-hydrogen) atoms. The second-order valence-electron chi connectivity index (χ2n) is 4.97. The predicted octanol–water partition coefficient (Wildman–Crippen LogP) is 0.310. The third kappa shape index (κ3) is 3.09. The number of primary amides is 1. The largest absolute Gasteiger partial charge is 0.368 e. The highest BCUT2D eigenvalue weighted by Gasteiger charge is 2.31. The lowest BCUT2D eigenvalue weighted by Gasteiger charge is -2.24. The lowest BCUT2D eigenvalue weighted by atomic mass is 10.1. The first kappa shape index (κ1) is 13.7. The number of hydrogen-bond acceptors (Lipinski definition) is 3. The molecule has 0 radical (unpaired) electrons. The second kappa shape index (κ2) is 5.84. The first-order valence-electron chi connectivity index (χ1n) is 5.88. The molecule has 2 saturated heterocycles. The Balaban J connectivity index is 0.00000128. The van der Waals surface area contributed by atoms with Crippen molar-refractivity contribution in [3.05, 3.63) is 0 Å². The minimum Gasteiger partial charge on any atom is -0.368 e. The van der Waals surface area contributed by atoms with E-state index in [0.717, 1.165) is 31.8 Å². The normalized spacial score (nSPS) is 31.6. The maximum absolute atomic E-state index is 11.2. The Bertz CT molecular complexity index is 249. The van der Waals surface area contributed by atoms with Gasteiger partial charge in [-0.15, -0.1) is 12.4 Å². The van der Waals surface area contributed by atoms with E-state index in [1.165, 1.54) is 19.5 Å². The van der Waals surface area contributed by atoms with E-state index < -0.39 is 0 Å². The van der Waals surface area contributed by atoms with Crippen molar-refractivity contribution >= 4 is 18.3 Å². The molecule has 1 unspecified atom stereocenters. The summed E-state index contributed by atoms with van der Waals surface area (Å²) >= 11 is 0. The highest BCUT2D eigenvalue weighted by molar-refractivity contribution is 5.85. The van der Waals surface area contributed by atoms with Gasteiger partial charge in [-0.25, -0.2) is 0 Å². The van der Waals surface area contributed by atoms with Gasteiger partial charge in [-0.1, -0.05) is 0 Å². The fraction of sp³-hybridized carbons (Fsp3) is 0.909. The second-order valence-corrected chi connectivity index (χ2v) is 4.97. The molecule has 4 nitrogen and oxygen atoms in total. The molecule has 2 aliphatic rings. The van der Waals surface area contributed by atoms with E-state index in [2.05, 4.69) is 16.8 Å². The number of rotatable bonds is 3. The van der Waals surface area contributed by atoms with Crippen molar-refractivity contribution in [2.45, 2.75) is 25.3 Å². The standard InChI is InChI=1S/C11H21N3O.ClH/c1-13-6-4-9(7-13)8-14-5-2-3-10(14)11(12)15;/h9-10H,2-8H2,1H3,(H2,12,15);1H/t9-,10?;/m1./s1. The van der Waals surface area contributed by atoms with E-state index in [-0.39, 0.29) is 24.4 Å². The molecule has 0 bridgehead atoms. The molecule has 0 aromatic rings. The Morgan fingerprint density at radius 1 is 1.38 bits per heavy atom. The lowest BCUT2D eigenvalue weighted by molar-refractivity contribution is -0.122. The fourth-order valence-electron chi connectivity index (χ4n) is 2.87. The van der Waals surface area contributed by atoms with Crippen LogP contribution in [-0.2, 0) is 4.79 Å². The zero-order valence-electron chi connectivity index (χ0n) is 9.89. The molecule has 0 spiro atoms. The smallest absolute Gasteiger partial charge is 0.234 e. The lowest BCUT2D eigenvalue weighted by Crippen LogP contribution is -2.42. The predicted molar refractivity (Wildman–Crippen MR) is 66.6 cm³/mol. The number of likely N-dealkylation sites (tertiary alicyclic amines) is 2. The van der Waals surface area contributed by atoms with Crippen molar-refractivity contribution < 1.29 is 4.79 Å². The van der Waals surface area contributed by atoms with Crippen LogP contribution in [0, 0.1) is 5.92 Å². The van der Waals surface area contributed by atoms with Crippen molar-refractivity contribution in [3.63, 3.8) is 0 Å². The molecular weight excluding hydrogens is 226 g/mol. The molecule has 94 valence electrons. The van der Waals surface area contributed by atoms with Crippen LogP contribution in [0.15, 0.2) is 0 Å². The van der Waals surface area contributed by atoms with Crippen LogP contribution < -0.4 is 5.73 Å². The number of nitrogens with two attached hydrogens (primary N) is 1. The van der Waals surface area contributed by atoms with Crippen LogP contribution in [0.2, 0.25) is 0 Å². The average Bonchev–Trinajstić information content (AvgIpc) is 2.75. The highest BCUT2D eigenvalue weighted by Crippen LogP contribution is 2.22. The number of hydrogen-bond donors (Lipinski definition) is 1. The Morgan fingerprint density at radius 2 is 2.12 bits per heavy atom. The van der Waals surface area contributed by atoms with Crippen molar-refractivity contribution in [2.24, 2.45) is 11.7 Å². The monoisotopic (exact) mass is 247 g/mol. The summed E-state index contributed by atoms with van der Waals surface area (Å²) in [6, 6.07) is 0.0101. The average molecular weight is 248 g/mol. The van der Waals surface area contributed by atoms with Crippen molar-refractivity contribution in [1.82, 2.24) is 9.80 Å². The molecule has 2 aliphatic heterocycles. The van der Waals surface area contributed by atoms with Crippen LogP contribution in [0.3, 0.4) is 0 Å². The molecule has 0 aromatic carbocycles. The van der Waals surface area contributed by atoms with E-state index in [9.17, 15) is 4.79 Å². The van der Waals surface area contributed by atoms with E-state index in [1.54, 1.807) is 0 Å². The van der Waals surface area contributed by atoms with Gasteiger partial charge in [-0.3, -0.25) is 9.69 Å². The summed E-state index contributed by atoms with van der Waals surface area (Å²) < 4.78 is 0. The van der Waals surface area contributed by atoms with Gasteiger partial charge in [-0.2, -0.15) is 0 Å². The van der Waals surface area contributed by atoms with Crippen molar-refractivity contribution in [3.8, 4) is 0 Å². The summed E-state index contributed by atoms with van der Waals surface area (Å²) in [5, 5.41) is 0. The molecule has 2 fully saturated rings. The van der Waals surface area contributed by atoms with Crippen LogP contribution in [0.4, 0.5) is 0 Å². The zero-order valence-corrected chi connectivity index (χ0v) is 10.7. The Labute approximate surface area is 104 Å². The molecule has 5 heteroatoms. The maximum Gasteiger partial charge on any atom is 0.234 e. The van der Waals surface area contributed by atoms with Gasteiger partial charge in [0.05, 0.1) is 6.04 Å². The summed E-state index contributed by atoms with van der Waals surface area (Å²) in [4.78, 5) is 15.9. The van der Waals surface area contributed by atoms with Crippen LogP contribution in [-0.4, -0.2) is 55.0 Å². The first-order chi connectivity index (χ1) is 7.16. The van der Waals surface area contributed by atoms with Gasteiger partial charge in [0, 0.05) is 13.1 Å². The van der Waals surface area contributed by atoms with Crippen molar-refractivity contribution in [2.75, 3.05) is 33.2 Å². The summed E-state index contributed by atoms with van der Waals surface area (Å²) in [6.07, 6.45) is 3.34. The Hall–Kier alpha value is -0.320. The summed E-state index contributed by atoms with van der Waals surface area (Å²) in [5.74, 6) is 0.591. The van der Waals surface area contributed by atoms with Crippen LogP contribution in [0.25, 0.3) is 0 Å². The van der Waals surface area contributed by atoms with E-state index in [4.69, 9.17) is 5.73 Å². The van der Waals surface area contributed by atoms with Crippen molar-refractivity contribution in [1.29, 1.82) is 0 Å². The molecule has 2 atom stereocenters. The van der Waals surface area contributed by atoms with Crippen LogP contribution >= 0.6 is 12.4 Å². The van der Waals surface area contributed by atoms with E-state index in [1.807, 2.05) is 0 Å². The minimum atomic E-state index is -0.140. The van der Waals surface area contributed by atoms with Gasteiger partial charge in [0.15, 0.2) is 0 Å². The van der Waals surface area contributed by atoms with Gasteiger partial charge >= 0.3 is 0 Å². The molecule has 2 heterocycles. The van der Waals surface area contributed by atoms with Gasteiger partial charge in [-0.05, 0) is 45.3 Å². The van der Waals surface area contributed by atoms with Gasteiger partial charge in [0.25, 0.3) is 0 Å². The molecule has 0 saturated carbocycles. The number of carbonyl (C=O) groups is 1. The number of amides is 1. The van der Waals surface area contributed by atoms with Crippen LogP contribution in [0.1, 0.15) is 19.3 Å². The van der Waals surface area contributed by atoms with Gasteiger partial charge < -0.3 is 10.6 Å². The first-order valence-corrected chi connectivity index (χ1v) is 5.88. The summed E-state index contributed by atoms with van der Waals surface area (Å²) in [5.41, 5.74) is 5.40. The van der Waals surface area contributed by atoms with Gasteiger partial charge in [0.1, 0.15) is 0 Å². The summed E-state index contributed by atoms with van der Waals surface area (Å²) in [7, 11) is 2.16. The molecule has 2 rings (SSSR count). The quantitative estimate of drug-likeness (QED) is 0.781. The fourth-order valence-corrected chi connectivity index (χ4v) is 2.87. The maximum atomic E-state index is 11.2. The summed E-state index contributed by atoms with van der Waals surface area (Å²) in [6.45, 7) is 4.47. The van der Waals surface area contributed by atoms with E-state index in [0.29, 0.717) is 0 Å². The minimum absolute atomic E-state index is 0. The van der Waals surface area contributed by atoms with Gasteiger partial charge in [0.2, 0.25) is 5.91 Å². The Kier molecular flexibility index (Phi) is 5.02. The van der Waals surface area contributed by atoms with E-state index >= 15 is 0 Å². The topological polar surface area (TPSA) is 49.6 Å². The highest BCUT2D eigenvalue weighted by atomic mass is 35.5. The third-order valence-corrected chi connectivity index (χ3v) is 3.67.